The zero-order chi connectivity index (χ0) is 46.7. The molecule has 0 unspecified atom stereocenters. The van der Waals surface area contributed by atoms with Gasteiger partial charge in [0.05, 0.1) is 0 Å². The fourth-order valence-electron chi connectivity index (χ4n) is 9.38. The van der Waals surface area contributed by atoms with Crippen LogP contribution in [0.3, 0.4) is 0 Å². The molecule has 3 N–H and O–H groups in total. The summed E-state index contributed by atoms with van der Waals surface area (Å²) in [5, 5.41) is 10.4. The Morgan fingerprint density at radius 2 is 0.839 bits per heavy atom. The molecule has 4 rings (SSSR count). The van der Waals surface area contributed by atoms with E-state index in [0.29, 0.717) is 11.8 Å². The molecule has 3 aliphatic rings. The van der Waals surface area contributed by atoms with Gasteiger partial charge >= 0.3 is 0 Å². The second-order valence-electron chi connectivity index (χ2n) is 20.1. The normalized spacial score (nSPS) is 16.5. The monoisotopic (exact) mass is 874 g/mol. The van der Waals surface area contributed by atoms with Crippen LogP contribution < -0.4 is 5.73 Å². The minimum absolute atomic E-state index is 0.435. The number of rotatable bonds is 21. The first-order chi connectivity index (χ1) is 29.7. The molecule has 0 saturated heterocycles. The van der Waals surface area contributed by atoms with Gasteiger partial charge in [0.15, 0.2) is 0 Å². The molecule has 3 aliphatic carbocycles. The summed E-state index contributed by atoms with van der Waals surface area (Å²) in [4.78, 5) is 13.7. The molecule has 368 valence electrons. The van der Waals surface area contributed by atoms with Gasteiger partial charge in [-0.3, -0.25) is 0 Å². The van der Waals surface area contributed by atoms with E-state index in [2.05, 4.69) is 111 Å². The van der Waals surface area contributed by atoms with Crippen LogP contribution in [0.5, 0.6) is 5.75 Å². The molecule has 1 aromatic rings. The average Bonchev–Trinajstić information content (AvgIpc) is 3.26. The number of hydrogen-bond donors (Lipinski definition) is 2. The lowest BCUT2D eigenvalue weighted by Gasteiger charge is -2.35. The maximum absolute atomic E-state index is 10.4. The van der Waals surface area contributed by atoms with Crippen LogP contribution >= 0.6 is 0 Å². The molecule has 8 nitrogen and oxygen atoms in total. The first-order valence-electron chi connectivity index (χ1n) is 26.3. The lowest BCUT2D eigenvalue weighted by molar-refractivity contribution is 0.205. The zero-order valence-corrected chi connectivity index (χ0v) is 44.4. The van der Waals surface area contributed by atoms with Crippen molar-refractivity contribution in [2.75, 3.05) is 95.6 Å². The highest BCUT2D eigenvalue weighted by Crippen LogP contribution is 2.34. The lowest BCUT2D eigenvalue weighted by Crippen LogP contribution is -2.39. The number of benzene rings is 1. The minimum atomic E-state index is 0.435. The van der Waals surface area contributed by atoms with E-state index in [-0.39, 0.29) is 0 Å². The first kappa shape index (κ1) is 60.7. The molecule has 3 fully saturated rings. The summed E-state index contributed by atoms with van der Waals surface area (Å²) < 4.78 is 0. The molecule has 3 saturated carbocycles. The van der Waals surface area contributed by atoms with Crippen molar-refractivity contribution in [1.29, 1.82) is 0 Å². The summed E-state index contributed by atoms with van der Waals surface area (Å²) in [6, 6.07) is 5.64. The van der Waals surface area contributed by atoms with Gasteiger partial charge in [0, 0.05) is 42.8 Å². The molecule has 0 atom stereocenters. The van der Waals surface area contributed by atoms with Gasteiger partial charge in [-0.2, -0.15) is 0 Å². The highest BCUT2D eigenvalue weighted by Gasteiger charge is 2.28. The van der Waals surface area contributed by atoms with Gasteiger partial charge in [-0.25, -0.2) is 0 Å². The predicted octanol–water partition coefficient (Wildman–Crippen LogP) is 12.0. The minimum Gasteiger partial charge on any atom is -0.507 e. The molecule has 62 heavy (non-hydrogen) atoms. The number of phenolic OH excluding ortho intramolecular Hbond substituents is 1. The van der Waals surface area contributed by atoms with E-state index in [1.54, 1.807) is 0 Å². The molecule has 0 radical (unpaired) electrons. The molecule has 8 heteroatoms. The van der Waals surface area contributed by atoms with Gasteiger partial charge in [-0.15, -0.1) is 0 Å². The fourth-order valence-corrected chi connectivity index (χ4v) is 9.38. The first-order valence-corrected chi connectivity index (χ1v) is 26.3. The number of hydrogen-bond acceptors (Lipinski definition) is 8. The van der Waals surface area contributed by atoms with Crippen molar-refractivity contribution in [2.45, 2.75) is 208 Å². The fraction of sp³-hybridized carbons (Fsp3) is 0.889. The second kappa shape index (κ2) is 39.0. The Bertz CT molecular complexity index is 1050. The Labute approximate surface area is 389 Å². The quantitative estimate of drug-likeness (QED) is 0.127. The van der Waals surface area contributed by atoms with Crippen LogP contribution in [0.1, 0.15) is 193 Å². The third kappa shape index (κ3) is 30.0. The number of aromatic hydroxyl groups is 1. The Morgan fingerprint density at radius 3 is 1.10 bits per heavy atom. The van der Waals surface area contributed by atoms with Crippen LogP contribution in [0.25, 0.3) is 0 Å². The Morgan fingerprint density at radius 1 is 0.500 bits per heavy atom. The molecule has 0 spiro atoms. The van der Waals surface area contributed by atoms with Crippen molar-refractivity contribution < 1.29 is 5.11 Å². The van der Waals surface area contributed by atoms with Crippen molar-refractivity contribution in [1.82, 2.24) is 29.4 Å². The van der Waals surface area contributed by atoms with Gasteiger partial charge < -0.3 is 40.2 Å². The number of phenols is 1. The molecule has 0 aliphatic heterocycles. The molecule has 0 aromatic heterocycles. The van der Waals surface area contributed by atoms with Crippen LogP contribution in [0, 0.1) is 11.8 Å². The van der Waals surface area contributed by atoms with Gasteiger partial charge in [-0.05, 0) is 183 Å². The van der Waals surface area contributed by atoms with Gasteiger partial charge in [0.2, 0.25) is 0 Å². The van der Waals surface area contributed by atoms with E-state index in [1.807, 2.05) is 28.2 Å². The third-order valence-electron chi connectivity index (χ3n) is 13.3. The van der Waals surface area contributed by atoms with Gasteiger partial charge in [0.25, 0.3) is 0 Å². The maximum atomic E-state index is 10.4. The molecular formula is C54H111N7O. The van der Waals surface area contributed by atoms with Gasteiger partial charge in [-0.1, -0.05) is 119 Å². The summed E-state index contributed by atoms with van der Waals surface area (Å²) in [5.74, 6) is 2.17. The van der Waals surface area contributed by atoms with Crippen LogP contribution in [-0.4, -0.2) is 142 Å². The number of nitrogens with two attached hydrogens (primary N) is 1. The highest BCUT2D eigenvalue weighted by molar-refractivity contribution is 5.44. The van der Waals surface area contributed by atoms with Gasteiger partial charge in [0.1, 0.15) is 5.75 Å². The van der Waals surface area contributed by atoms with E-state index in [1.165, 1.54) is 180 Å². The van der Waals surface area contributed by atoms with Crippen molar-refractivity contribution in [3.63, 3.8) is 0 Å². The van der Waals surface area contributed by atoms with Crippen LogP contribution in [0.2, 0.25) is 0 Å². The summed E-state index contributed by atoms with van der Waals surface area (Å²) in [6.45, 7) is 23.3. The zero-order valence-electron chi connectivity index (χ0n) is 44.4. The summed E-state index contributed by atoms with van der Waals surface area (Å²) in [5.41, 5.74) is 9.67. The SMILES string of the molecule is CCCCN(CCCC)CCCC.CCN(CC)CC.CN(C)C1CCCCC1.CN(C)Cc1cc(CN(C)C)c(O)c(CN(C)C)c1.NC(C1CCCCC1)C1CCCCC1. The topological polar surface area (TPSA) is 65.7 Å². The lowest BCUT2D eigenvalue weighted by atomic mass is 9.74. The average molecular weight is 875 g/mol. The number of nitrogens with zero attached hydrogens (tertiary/aromatic N) is 6. The van der Waals surface area contributed by atoms with E-state index in [9.17, 15) is 5.11 Å². The molecular weight excluding hydrogens is 763 g/mol. The largest absolute Gasteiger partial charge is 0.507 e. The second-order valence-corrected chi connectivity index (χ2v) is 20.1. The summed E-state index contributed by atoms with van der Waals surface area (Å²) in [7, 11) is 16.6. The molecule has 1 aromatic carbocycles. The summed E-state index contributed by atoms with van der Waals surface area (Å²) in [6.07, 6.45) is 29.6. The molecule has 0 bridgehead atoms. The van der Waals surface area contributed by atoms with Crippen molar-refractivity contribution in [2.24, 2.45) is 17.6 Å². The van der Waals surface area contributed by atoms with Crippen LogP contribution in [-0.2, 0) is 19.6 Å². The third-order valence-corrected chi connectivity index (χ3v) is 13.3. The smallest absolute Gasteiger partial charge is 0.124 e. The molecule has 0 heterocycles. The Hall–Kier alpha value is -1.26. The standard InChI is InChI=1S/C15H27N3O.C13H25N.C12H27N.C8H17N.C6H15N/c1-16(2)9-12-7-13(10-17(3)4)15(19)14(8-12)11-18(5)6;14-13(11-7-3-1-4-8-11)12-9-5-2-6-10-12;1-4-7-10-13(11-8-5-2)12-9-6-3;1-9(2)8-6-4-3-5-7-8;1-4-7(5-2)6-3/h7-8,19H,9-11H2,1-6H3;11-13H,1-10,14H2;4-12H2,1-3H3;8H,3-7H2,1-2H3;4-6H2,1-3H3. The van der Waals surface area contributed by atoms with Crippen molar-refractivity contribution in [3.8, 4) is 5.75 Å². The Balaban J connectivity index is 0.000000780. The van der Waals surface area contributed by atoms with E-state index in [0.717, 1.165) is 48.6 Å². The van der Waals surface area contributed by atoms with E-state index >= 15 is 0 Å². The van der Waals surface area contributed by atoms with E-state index < -0.39 is 0 Å². The predicted molar refractivity (Wildman–Crippen MR) is 277 cm³/mol. The van der Waals surface area contributed by atoms with Crippen LogP contribution in [0.15, 0.2) is 12.1 Å². The Kier molecular flexibility index (Phi) is 38.2. The highest BCUT2D eigenvalue weighted by atomic mass is 16.3. The van der Waals surface area contributed by atoms with Crippen LogP contribution in [0.4, 0.5) is 0 Å². The molecule has 0 amide bonds. The maximum Gasteiger partial charge on any atom is 0.124 e. The van der Waals surface area contributed by atoms with Crippen molar-refractivity contribution >= 4 is 0 Å². The summed E-state index contributed by atoms with van der Waals surface area (Å²) >= 11 is 0. The van der Waals surface area contributed by atoms with Crippen molar-refractivity contribution in [3.05, 3.63) is 28.8 Å². The number of unbranched alkanes of at least 4 members (excludes halogenated alkanes) is 3. The van der Waals surface area contributed by atoms with E-state index in [4.69, 9.17) is 5.73 Å².